The molecule has 6 nitrogen and oxygen atoms in total. The number of hydrogen-bond donors (Lipinski definition) is 0. The van der Waals surface area contributed by atoms with E-state index in [1.54, 1.807) is 12.4 Å². The molecule has 0 spiro atoms. The van der Waals surface area contributed by atoms with Crippen LogP contribution in [0.4, 0.5) is 13.2 Å². The molecule has 3 aromatic heterocycles. The molecule has 0 N–H and O–H groups in total. The molecular formula is C21H16BrF3IN5O. The van der Waals surface area contributed by atoms with E-state index in [0.717, 1.165) is 34.7 Å². The first kappa shape index (κ1) is 21.7. The van der Waals surface area contributed by atoms with E-state index >= 15 is 0 Å². The number of fused-ring (bicyclic) bond motifs is 1. The monoisotopic (exact) mass is 617 g/mol. The van der Waals surface area contributed by atoms with Crippen LogP contribution in [0.1, 0.15) is 29.8 Å². The molecule has 4 aromatic rings. The van der Waals surface area contributed by atoms with Crippen LogP contribution in [-0.2, 0) is 18.6 Å². The summed E-state index contributed by atoms with van der Waals surface area (Å²) in [5.41, 5.74) is -0.540. The van der Waals surface area contributed by atoms with E-state index in [9.17, 15) is 18.0 Å². The van der Waals surface area contributed by atoms with Gasteiger partial charge >= 0.3 is 11.9 Å². The van der Waals surface area contributed by atoms with E-state index in [2.05, 4.69) is 48.7 Å². The minimum atomic E-state index is -4.59. The zero-order valence-electron chi connectivity index (χ0n) is 16.6. The number of nitrogens with zero attached hydrogens (tertiary/aromatic N) is 5. The molecule has 3 heterocycles. The number of imidazole rings is 1. The van der Waals surface area contributed by atoms with Gasteiger partial charge in [-0.1, -0.05) is 34.7 Å². The second-order valence-electron chi connectivity index (χ2n) is 8.01. The van der Waals surface area contributed by atoms with Gasteiger partial charge in [-0.25, -0.2) is 4.79 Å². The normalized spacial score (nSPS) is 21.1. The Morgan fingerprint density at radius 3 is 2.59 bits per heavy atom. The van der Waals surface area contributed by atoms with Gasteiger partial charge in [0.25, 0.3) is 0 Å². The van der Waals surface area contributed by atoms with E-state index in [-0.39, 0.29) is 15.4 Å². The number of hydrogen-bond acceptors (Lipinski definition) is 3. The van der Waals surface area contributed by atoms with Crippen LogP contribution in [0, 0.1) is 0 Å². The fourth-order valence-electron chi connectivity index (χ4n) is 4.48. The molecule has 1 aliphatic rings. The van der Waals surface area contributed by atoms with Gasteiger partial charge in [0.1, 0.15) is 12.2 Å². The minimum absolute atomic E-state index is 0.176. The van der Waals surface area contributed by atoms with Crippen LogP contribution >= 0.6 is 38.5 Å². The lowest BCUT2D eigenvalue weighted by atomic mass is 9.63. The van der Waals surface area contributed by atoms with E-state index in [4.69, 9.17) is 0 Å². The van der Waals surface area contributed by atoms with Gasteiger partial charge in [-0.05, 0) is 52.5 Å². The number of halogens is 5. The van der Waals surface area contributed by atoms with Crippen LogP contribution < -0.4 is 5.69 Å². The summed E-state index contributed by atoms with van der Waals surface area (Å²) in [6.45, 7) is 0. The number of aryl methyl sites for hydroxylation is 1. The third-order valence-corrected chi connectivity index (χ3v) is 7.31. The first-order valence-corrected chi connectivity index (χ1v) is 11.7. The summed E-state index contributed by atoms with van der Waals surface area (Å²) in [5.74, 6) is 0.834. The lowest BCUT2D eigenvalue weighted by Crippen LogP contribution is -2.44. The van der Waals surface area contributed by atoms with Gasteiger partial charge in [-0.3, -0.25) is 8.97 Å². The summed E-state index contributed by atoms with van der Waals surface area (Å²) < 4.78 is 45.6. The average Bonchev–Trinajstić information content (AvgIpc) is 3.28. The summed E-state index contributed by atoms with van der Waals surface area (Å²) in [4.78, 5) is 13.0. The molecule has 166 valence electrons. The quantitative estimate of drug-likeness (QED) is 0.243. The van der Waals surface area contributed by atoms with Gasteiger partial charge in [-0.15, -0.1) is 10.2 Å². The number of pyridine rings is 1. The summed E-state index contributed by atoms with van der Waals surface area (Å²) in [6, 6.07) is 8.35. The highest BCUT2D eigenvalue weighted by molar-refractivity contribution is 14.1. The largest absolute Gasteiger partial charge is 0.418 e. The van der Waals surface area contributed by atoms with Crippen molar-refractivity contribution in [1.29, 1.82) is 0 Å². The number of rotatable bonds is 3. The molecule has 1 saturated carbocycles. The van der Waals surface area contributed by atoms with Gasteiger partial charge in [0.05, 0.1) is 22.2 Å². The maximum atomic E-state index is 13.6. The maximum Gasteiger partial charge on any atom is 0.418 e. The molecule has 5 rings (SSSR count). The standard InChI is InChI=1S/C21H16BrF3IN5O/c1-29-11-27-28-18(29)20(7-14(26)8-20)12-3-2-4-15(5-12)30-10-17-16(21(23,24)25)6-13(22)9-31(17)19(30)32/h2-6,9-11,14H,7-8H2,1H3/t14-,20-. The predicted octanol–water partition coefficient (Wildman–Crippen LogP) is 4.88. The molecule has 0 saturated heterocycles. The highest BCUT2D eigenvalue weighted by atomic mass is 127. The fraction of sp³-hybridized carbons (Fsp3) is 0.286. The second kappa shape index (κ2) is 7.44. The predicted molar refractivity (Wildman–Crippen MR) is 125 cm³/mol. The van der Waals surface area contributed by atoms with Crippen molar-refractivity contribution in [1.82, 2.24) is 23.7 Å². The Labute approximate surface area is 202 Å². The highest BCUT2D eigenvalue weighted by Gasteiger charge is 2.49. The van der Waals surface area contributed by atoms with Gasteiger partial charge in [0.2, 0.25) is 0 Å². The lowest BCUT2D eigenvalue weighted by molar-refractivity contribution is -0.136. The van der Waals surface area contributed by atoms with Gasteiger partial charge in [0, 0.05) is 27.8 Å². The van der Waals surface area contributed by atoms with Gasteiger partial charge < -0.3 is 4.57 Å². The first-order chi connectivity index (χ1) is 15.1. The summed E-state index contributed by atoms with van der Waals surface area (Å²) >= 11 is 5.48. The zero-order chi connectivity index (χ0) is 22.8. The third-order valence-electron chi connectivity index (χ3n) is 6.00. The molecular weight excluding hydrogens is 602 g/mol. The van der Waals surface area contributed by atoms with Gasteiger partial charge in [-0.2, -0.15) is 13.2 Å². The molecule has 11 heteroatoms. The van der Waals surface area contributed by atoms with Crippen molar-refractivity contribution in [3.05, 3.63) is 81.0 Å². The van der Waals surface area contributed by atoms with E-state index in [0.29, 0.717) is 9.61 Å². The number of alkyl halides is 4. The van der Waals surface area contributed by atoms with Crippen LogP contribution in [-0.4, -0.2) is 27.7 Å². The Bertz CT molecular complexity index is 1400. The maximum absolute atomic E-state index is 13.6. The minimum Gasteiger partial charge on any atom is -0.320 e. The Kier molecular flexibility index (Phi) is 5.04. The third kappa shape index (κ3) is 3.31. The molecule has 0 amide bonds. The molecule has 0 unspecified atom stereocenters. The highest BCUT2D eigenvalue weighted by Crippen LogP contribution is 2.51. The van der Waals surface area contributed by atoms with Gasteiger partial charge in [0.15, 0.2) is 0 Å². The van der Waals surface area contributed by atoms with Crippen molar-refractivity contribution in [2.45, 2.75) is 28.4 Å². The van der Waals surface area contributed by atoms with Crippen LogP contribution in [0.15, 0.2) is 58.3 Å². The lowest BCUT2D eigenvalue weighted by Gasteiger charge is -2.45. The van der Waals surface area contributed by atoms with Crippen molar-refractivity contribution in [2.24, 2.45) is 7.05 Å². The van der Waals surface area contributed by atoms with Crippen LogP contribution in [0.3, 0.4) is 0 Å². The molecule has 0 bridgehead atoms. The Morgan fingerprint density at radius 1 is 1.22 bits per heavy atom. The van der Waals surface area contributed by atoms with Crippen LogP contribution in [0.5, 0.6) is 0 Å². The van der Waals surface area contributed by atoms with Crippen molar-refractivity contribution in [2.75, 3.05) is 0 Å². The molecule has 0 atom stereocenters. The summed E-state index contributed by atoms with van der Waals surface area (Å²) in [5, 5.41) is 8.36. The zero-order valence-corrected chi connectivity index (χ0v) is 20.4. The Hall–Kier alpha value is -2.15. The van der Waals surface area contributed by atoms with Crippen molar-refractivity contribution >= 4 is 44.0 Å². The summed E-state index contributed by atoms with van der Waals surface area (Å²) in [7, 11) is 1.89. The Morgan fingerprint density at radius 2 is 1.97 bits per heavy atom. The van der Waals surface area contributed by atoms with E-state index < -0.39 is 17.4 Å². The van der Waals surface area contributed by atoms with Crippen molar-refractivity contribution in [3.8, 4) is 5.69 Å². The summed E-state index contributed by atoms with van der Waals surface area (Å²) in [6.07, 6.45) is 1.38. The molecule has 1 aliphatic carbocycles. The fourth-order valence-corrected chi connectivity index (χ4v) is 6.42. The second-order valence-corrected chi connectivity index (χ2v) is 10.7. The van der Waals surface area contributed by atoms with E-state index in [1.165, 1.54) is 17.0 Å². The molecule has 0 aliphatic heterocycles. The molecule has 0 radical (unpaired) electrons. The first-order valence-electron chi connectivity index (χ1n) is 9.70. The van der Waals surface area contributed by atoms with E-state index in [1.807, 2.05) is 29.8 Å². The topological polar surface area (TPSA) is 57.1 Å². The molecule has 1 aromatic carbocycles. The molecule has 1 fully saturated rings. The smallest absolute Gasteiger partial charge is 0.320 e. The van der Waals surface area contributed by atoms with Crippen LogP contribution in [0.25, 0.3) is 11.2 Å². The number of benzene rings is 1. The SMILES string of the molecule is Cn1cnnc1[C@]1(c2cccc(-n3cc4c(C(F)(F)F)cc(Br)cn4c3=O)c2)C[C@@H](I)C1. The van der Waals surface area contributed by atoms with Crippen molar-refractivity contribution in [3.63, 3.8) is 0 Å². The number of aromatic nitrogens is 5. The van der Waals surface area contributed by atoms with Crippen LogP contribution in [0.2, 0.25) is 0 Å². The van der Waals surface area contributed by atoms with Crippen molar-refractivity contribution < 1.29 is 13.2 Å². The molecule has 32 heavy (non-hydrogen) atoms. The average molecular weight is 618 g/mol. The Balaban J connectivity index is 1.68.